The lowest BCUT2D eigenvalue weighted by molar-refractivity contribution is -0.131. The Labute approximate surface area is 162 Å². The van der Waals surface area contributed by atoms with Gasteiger partial charge in [0.25, 0.3) is 0 Å². The highest BCUT2D eigenvalue weighted by molar-refractivity contribution is 5.87. The number of hydrogen-bond donors (Lipinski definition) is 1. The van der Waals surface area contributed by atoms with E-state index in [1.807, 2.05) is 74.5 Å². The third-order valence-corrected chi connectivity index (χ3v) is 4.51. The molecule has 1 heterocycles. The fourth-order valence-corrected chi connectivity index (χ4v) is 2.89. The molecule has 0 fully saturated rings. The number of aryl methyl sites for hydroxylation is 1. The highest BCUT2D eigenvalue weighted by Crippen LogP contribution is 2.25. The summed E-state index contributed by atoms with van der Waals surface area (Å²) in [5.41, 5.74) is 4.23. The summed E-state index contributed by atoms with van der Waals surface area (Å²) in [5, 5.41) is 9.57. The van der Waals surface area contributed by atoms with E-state index in [1.54, 1.807) is 6.08 Å². The zero-order valence-corrected chi connectivity index (χ0v) is 16.0. The Kier molecular flexibility index (Phi) is 5.45. The zero-order valence-electron chi connectivity index (χ0n) is 16.0. The fourth-order valence-electron chi connectivity index (χ4n) is 2.89. The Morgan fingerprint density at radius 3 is 2.25 bits per heavy atom. The molecule has 0 aliphatic carbocycles. The molecular weight excluding hydrogens is 354 g/mol. The number of fused-ring (bicyclic) bond motifs is 1. The molecule has 5 heteroatoms. The van der Waals surface area contributed by atoms with Crippen LogP contribution in [0.15, 0.2) is 57.8 Å². The Balaban J connectivity index is 1.92. The molecule has 0 spiro atoms. The molecule has 0 aliphatic heterocycles. The lowest BCUT2D eigenvalue weighted by atomic mass is 10.0. The van der Waals surface area contributed by atoms with E-state index in [4.69, 9.17) is 9.52 Å². The minimum atomic E-state index is -0.986. The predicted molar refractivity (Wildman–Crippen MR) is 114 cm³/mol. The van der Waals surface area contributed by atoms with E-state index in [0.29, 0.717) is 11.1 Å². The van der Waals surface area contributed by atoms with Crippen LogP contribution >= 0.6 is 0 Å². The molecule has 0 unspecified atom stereocenters. The maximum absolute atomic E-state index is 12.5. The van der Waals surface area contributed by atoms with E-state index >= 15 is 0 Å². The lowest BCUT2D eigenvalue weighted by Gasteiger charge is -2.13. The van der Waals surface area contributed by atoms with Crippen LogP contribution in [0.25, 0.3) is 29.2 Å². The smallest absolute Gasteiger partial charge is 0.343 e. The molecule has 2 aromatic carbocycles. The average Bonchev–Trinajstić information content (AvgIpc) is 2.66. The van der Waals surface area contributed by atoms with Crippen molar-refractivity contribution in [2.24, 2.45) is 0 Å². The summed E-state index contributed by atoms with van der Waals surface area (Å²) < 4.78 is 5.53. The largest absolute Gasteiger partial charge is 0.478 e. The summed E-state index contributed by atoms with van der Waals surface area (Å²) >= 11 is 0. The number of carboxylic acids is 1. The molecule has 3 aromatic rings. The van der Waals surface area contributed by atoms with Gasteiger partial charge in [0.05, 0.1) is 5.56 Å². The van der Waals surface area contributed by atoms with Gasteiger partial charge in [-0.2, -0.15) is 0 Å². The minimum absolute atomic E-state index is 0.377. The van der Waals surface area contributed by atoms with Crippen LogP contribution in [0.1, 0.15) is 22.3 Å². The van der Waals surface area contributed by atoms with E-state index in [-0.39, 0.29) is 5.63 Å². The molecule has 0 atom stereocenters. The summed E-state index contributed by atoms with van der Waals surface area (Å²) in [7, 11) is 3.87. The van der Waals surface area contributed by atoms with Crippen molar-refractivity contribution < 1.29 is 14.3 Å². The number of anilines is 1. The Morgan fingerprint density at radius 1 is 1.00 bits per heavy atom. The number of benzene rings is 2. The first-order chi connectivity index (χ1) is 13.3. The van der Waals surface area contributed by atoms with E-state index in [9.17, 15) is 9.59 Å². The quantitative estimate of drug-likeness (QED) is 0.527. The van der Waals surface area contributed by atoms with Gasteiger partial charge in [-0.3, -0.25) is 0 Å². The molecule has 28 heavy (non-hydrogen) atoms. The fraction of sp³-hybridized carbons (Fsp3) is 0.130. The second-order valence-electron chi connectivity index (χ2n) is 6.67. The molecule has 0 radical (unpaired) electrons. The predicted octanol–water partition coefficient (Wildman–Crippen LogP) is 4.44. The second-order valence-corrected chi connectivity index (χ2v) is 6.67. The van der Waals surface area contributed by atoms with Crippen molar-refractivity contribution in [2.75, 3.05) is 19.0 Å². The standard InChI is InChI=1S/C23H21NO4/c1-15-19-12-10-18(24(2)3)14-21(19)28-23(27)20(15)11-8-16-4-6-17(7-5-16)9-13-22(25)26/h4-14H,1-3H3,(H,25,26)/b11-8+,13-9+. The third kappa shape index (κ3) is 4.20. The molecule has 0 aliphatic rings. The number of nitrogens with zero attached hydrogens (tertiary/aromatic N) is 1. The first kappa shape index (κ1) is 19.2. The highest BCUT2D eigenvalue weighted by atomic mass is 16.4. The van der Waals surface area contributed by atoms with Crippen molar-refractivity contribution in [3.8, 4) is 0 Å². The van der Waals surface area contributed by atoms with E-state index in [2.05, 4.69) is 0 Å². The van der Waals surface area contributed by atoms with E-state index < -0.39 is 5.97 Å². The number of carboxylic acid groups (broad SMARTS) is 1. The molecule has 1 aromatic heterocycles. The van der Waals surface area contributed by atoms with Crippen molar-refractivity contribution in [2.45, 2.75) is 6.92 Å². The topological polar surface area (TPSA) is 70.7 Å². The highest BCUT2D eigenvalue weighted by Gasteiger charge is 2.10. The van der Waals surface area contributed by atoms with Crippen LogP contribution in [0.4, 0.5) is 5.69 Å². The van der Waals surface area contributed by atoms with Crippen LogP contribution in [0.3, 0.4) is 0 Å². The number of aliphatic carboxylic acids is 1. The lowest BCUT2D eigenvalue weighted by Crippen LogP contribution is -2.09. The maximum atomic E-state index is 12.5. The average molecular weight is 375 g/mol. The van der Waals surface area contributed by atoms with Gasteiger partial charge in [-0.15, -0.1) is 0 Å². The minimum Gasteiger partial charge on any atom is -0.478 e. The van der Waals surface area contributed by atoms with Gasteiger partial charge in [0.2, 0.25) is 0 Å². The van der Waals surface area contributed by atoms with Crippen LogP contribution in [-0.2, 0) is 4.79 Å². The number of rotatable bonds is 5. The Hall–Kier alpha value is -3.60. The first-order valence-corrected chi connectivity index (χ1v) is 8.79. The molecule has 0 amide bonds. The SMILES string of the molecule is Cc1c(/C=C/c2ccc(/C=C/C(=O)O)cc2)c(=O)oc2cc(N(C)C)ccc12. The van der Waals surface area contributed by atoms with Gasteiger partial charge >= 0.3 is 11.6 Å². The van der Waals surface area contributed by atoms with Crippen LogP contribution in [0.5, 0.6) is 0 Å². The molecule has 3 rings (SSSR count). The van der Waals surface area contributed by atoms with E-state index in [0.717, 1.165) is 33.8 Å². The van der Waals surface area contributed by atoms with E-state index in [1.165, 1.54) is 6.08 Å². The number of carbonyl (C=O) groups is 1. The normalized spacial score (nSPS) is 11.5. The van der Waals surface area contributed by atoms with Gasteiger partial charge in [-0.05, 0) is 47.9 Å². The van der Waals surface area contributed by atoms with Crippen molar-refractivity contribution in [3.63, 3.8) is 0 Å². The van der Waals surface area contributed by atoms with Gasteiger partial charge < -0.3 is 14.4 Å². The van der Waals surface area contributed by atoms with Crippen LogP contribution in [0, 0.1) is 6.92 Å². The molecule has 142 valence electrons. The summed E-state index contributed by atoms with van der Waals surface area (Å²) in [6.45, 7) is 1.91. The van der Waals surface area contributed by atoms with Crippen LogP contribution < -0.4 is 10.5 Å². The zero-order chi connectivity index (χ0) is 20.3. The van der Waals surface area contributed by atoms with Crippen molar-refractivity contribution in [3.05, 3.63) is 81.2 Å². The van der Waals surface area contributed by atoms with Gasteiger partial charge in [0.1, 0.15) is 5.58 Å². The summed E-state index contributed by atoms with van der Waals surface area (Å²) in [6, 6.07) is 13.2. The van der Waals surface area contributed by atoms with Crippen LogP contribution in [0.2, 0.25) is 0 Å². The van der Waals surface area contributed by atoms with Gasteiger partial charge in [-0.25, -0.2) is 9.59 Å². The molecule has 0 saturated carbocycles. The number of hydrogen-bond acceptors (Lipinski definition) is 4. The monoisotopic (exact) mass is 375 g/mol. The first-order valence-electron chi connectivity index (χ1n) is 8.79. The second kappa shape index (κ2) is 7.96. The summed E-state index contributed by atoms with van der Waals surface area (Å²) in [4.78, 5) is 25.0. The Morgan fingerprint density at radius 2 is 1.64 bits per heavy atom. The molecule has 5 nitrogen and oxygen atoms in total. The van der Waals surface area contributed by atoms with Crippen LogP contribution in [-0.4, -0.2) is 25.2 Å². The molecule has 0 bridgehead atoms. The summed E-state index contributed by atoms with van der Waals surface area (Å²) in [5.74, 6) is -0.986. The molecular formula is C23H21NO4. The molecule has 0 saturated heterocycles. The Bertz CT molecular complexity index is 1140. The summed E-state index contributed by atoms with van der Waals surface area (Å²) in [6.07, 6.45) is 6.21. The van der Waals surface area contributed by atoms with Gasteiger partial charge in [-0.1, -0.05) is 30.3 Å². The van der Waals surface area contributed by atoms with Crippen molar-refractivity contribution in [1.29, 1.82) is 0 Å². The van der Waals surface area contributed by atoms with Gasteiger partial charge in [0, 0.05) is 37.3 Å². The molecule has 1 N–H and O–H groups in total. The van der Waals surface area contributed by atoms with Crippen molar-refractivity contribution >= 4 is 40.9 Å². The maximum Gasteiger partial charge on any atom is 0.343 e. The van der Waals surface area contributed by atoms with Crippen molar-refractivity contribution in [1.82, 2.24) is 0 Å². The third-order valence-electron chi connectivity index (χ3n) is 4.51. The van der Waals surface area contributed by atoms with Gasteiger partial charge in [0.15, 0.2) is 0 Å².